The summed E-state index contributed by atoms with van der Waals surface area (Å²) in [7, 11) is 0. The topological polar surface area (TPSA) is 73.5 Å². The van der Waals surface area contributed by atoms with Crippen LogP contribution < -0.4 is 20.9 Å². The van der Waals surface area contributed by atoms with Gasteiger partial charge in [-0.05, 0) is 69.0 Å². The van der Waals surface area contributed by atoms with Gasteiger partial charge >= 0.3 is 6.03 Å². The molecule has 1 aliphatic heterocycles. The molecule has 7 heteroatoms. The predicted octanol–water partition coefficient (Wildman–Crippen LogP) is 4.99. The Morgan fingerprint density at radius 1 is 1.03 bits per heavy atom. The maximum Gasteiger partial charge on any atom is 0.323 e. The quantitative estimate of drug-likeness (QED) is 0.626. The maximum absolute atomic E-state index is 13.3. The fraction of sp³-hybridized carbons (Fsp3) is 0.391. The van der Waals surface area contributed by atoms with Gasteiger partial charge in [-0.1, -0.05) is 13.0 Å². The van der Waals surface area contributed by atoms with E-state index in [1.807, 2.05) is 19.9 Å². The Morgan fingerprint density at radius 3 is 2.40 bits per heavy atom. The van der Waals surface area contributed by atoms with Crippen LogP contribution in [-0.2, 0) is 0 Å². The summed E-state index contributed by atoms with van der Waals surface area (Å²) >= 11 is 0. The van der Waals surface area contributed by atoms with Crippen molar-refractivity contribution in [2.45, 2.75) is 45.6 Å². The lowest BCUT2D eigenvalue weighted by Gasteiger charge is -2.31. The zero-order valence-corrected chi connectivity index (χ0v) is 17.5. The van der Waals surface area contributed by atoms with Crippen molar-refractivity contribution in [3.05, 3.63) is 53.8 Å². The monoisotopic (exact) mass is 412 g/mol. The van der Waals surface area contributed by atoms with Crippen molar-refractivity contribution >= 4 is 29.0 Å². The Hall–Kier alpha value is -3.09. The highest BCUT2D eigenvalue weighted by molar-refractivity contribution is 6.04. The molecule has 0 bridgehead atoms. The molecule has 2 aromatic carbocycles. The van der Waals surface area contributed by atoms with Gasteiger partial charge in [0.2, 0.25) is 0 Å². The lowest BCUT2D eigenvalue weighted by molar-refractivity contribution is 0.0939. The molecule has 3 amide bonds. The highest BCUT2D eigenvalue weighted by atomic mass is 19.1. The zero-order chi connectivity index (χ0) is 21.5. The van der Waals surface area contributed by atoms with Crippen molar-refractivity contribution in [2.75, 3.05) is 28.6 Å². The van der Waals surface area contributed by atoms with Crippen LogP contribution >= 0.6 is 0 Å². The molecule has 2 aromatic rings. The van der Waals surface area contributed by atoms with Crippen LogP contribution in [0.15, 0.2) is 42.5 Å². The number of nitrogens with one attached hydrogen (secondary N) is 3. The third-order valence-electron chi connectivity index (χ3n) is 5.27. The third-order valence-corrected chi connectivity index (χ3v) is 5.27. The van der Waals surface area contributed by atoms with Gasteiger partial charge in [0, 0.05) is 36.2 Å². The number of anilines is 3. The molecule has 30 heavy (non-hydrogen) atoms. The van der Waals surface area contributed by atoms with E-state index in [1.54, 1.807) is 18.2 Å². The van der Waals surface area contributed by atoms with E-state index in [2.05, 4.69) is 20.9 Å². The minimum Gasteiger partial charge on any atom is -0.371 e. The number of hydrogen-bond acceptors (Lipinski definition) is 3. The molecule has 0 aliphatic carbocycles. The molecule has 0 unspecified atom stereocenters. The molecule has 0 aromatic heterocycles. The number of amides is 3. The summed E-state index contributed by atoms with van der Waals surface area (Å²) in [4.78, 5) is 27.5. The Labute approximate surface area is 176 Å². The summed E-state index contributed by atoms with van der Waals surface area (Å²) in [6.07, 6.45) is 4.23. The summed E-state index contributed by atoms with van der Waals surface area (Å²) < 4.78 is 13.3. The Bertz CT molecular complexity index is 897. The molecular weight excluding hydrogens is 383 g/mol. The molecule has 0 spiro atoms. The van der Waals surface area contributed by atoms with Crippen LogP contribution in [0.1, 0.15) is 49.9 Å². The van der Waals surface area contributed by atoms with Gasteiger partial charge in [0.05, 0.1) is 5.56 Å². The van der Waals surface area contributed by atoms with Crippen molar-refractivity contribution in [1.29, 1.82) is 0 Å². The van der Waals surface area contributed by atoms with Crippen LogP contribution in [0, 0.1) is 5.82 Å². The number of rotatable bonds is 6. The highest BCUT2D eigenvalue weighted by Crippen LogP contribution is 2.27. The lowest BCUT2D eigenvalue weighted by atomic mass is 10.1. The number of nitrogens with zero attached hydrogens (tertiary/aromatic N) is 1. The van der Waals surface area contributed by atoms with Crippen LogP contribution in [0.5, 0.6) is 0 Å². The van der Waals surface area contributed by atoms with E-state index in [9.17, 15) is 14.0 Å². The summed E-state index contributed by atoms with van der Waals surface area (Å²) in [5, 5.41) is 8.35. The largest absolute Gasteiger partial charge is 0.371 e. The molecule has 1 saturated heterocycles. The number of halogens is 1. The first-order chi connectivity index (χ1) is 14.5. The molecule has 1 heterocycles. The van der Waals surface area contributed by atoms with Gasteiger partial charge in [0.1, 0.15) is 5.82 Å². The Kier molecular flexibility index (Phi) is 7.27. The van der Waals surface area contributed by atoms with Gasteiger partial charge < -0.3 is 20.9 Å². The first-order valence-corrected chi connectivity index (χ1v) is 10.5. The van der Waals surface area contributed by atoms with E-state index in [0.29, 0.717) is 16.9 Å². The van der Waals surface area contributed by atoms with Crippen LogP contribution in [0.3, 0.4) is 0 Å². The molecule has 1 fully saturated rings. The van der Waals surface area contributed by atoms with E-state index in [0.717, 1.165) is 38.0 Å². The Balaban J connectivity index is 1.80. The van der Waals surface area contributed by atoms with Gasteiger partial charge in [-0.25, -0.2) is 9.18 Å². The maximum atomic E-state index is 13.3. The standard InChI is InChI=1S/C23H29FN4O2/c1-3-16(2)25-22(29)20-15-19(10-11-21(20)28-12-5-4-6-13-28)27-23(30)26-18-9-7-8-17(24)14-18/h7-11,14-16H,3-6,12-13H2,1-2H3,(H,25,29)(H2,26,27,30)/t16-/m0/s1. The fourth-order valence-electron chi connectivity index (χ4n) is 3.47. The molecule has 3 N–H and O–H groups in total. The molecule has 0 radical (unpaired) electrons. The van der Waals surface area contributed by atoms with Gasteiger partial charge in [-0.3, -0.25) is 4.79 Å². The van der Waals surface area contributed by atoms with Crippen LogP contribution in [-0.4, -0.2) is 31.1 Å². The molecule has 6 nitrogen and oxygen atoms in total. The first kappa shape index (κ1) is 21.6. The fourth-order valence-corrected chi connectivity index (χ4v) is 3.47. The molecule has 3 rings (SSSR count). The SMILES string of the molecule is CC[C@H](C)NC(=O)c1cc(NC(=O)Nc2cccc(F)c2)ccc1N1CCCCC1. The average Bonchev–Trinajstić information content (AvgIpc) is 2.74. The highest BCUT2D eigenvalue weighted by Gasteiger charge is 2.20. The predicted molar refractivity (Wildman–Crippen MR) is 119 cm³/mol. The normalized spacial score (nSPS) is 14.7. The molecule has 1 aliphatic rings. The average molecular weight is 413 g/mol. The van der Waals surface area contributed by atoms with Gasteiger partial charge in [-0.15, -0.1) is 0 Å². The van der Waals surface area contributed by atoms with Crippen molar-refractivity contribution in [1.82, 2.24) is 5.32 Å². The number of urea groups is 1. The van der Waals surface area contributed by atoms with Crippen molar-refractivity contribution < 1.29 is 14.0 Å². The Morgan fingerprint density at radius 2 is 1.73 bits per heavy atom. The van der Waals surface area contributed by atoms with E-state index >= 15 is 0 Å². The summed E-state index contributed by atoms with van der Waals surface area (Å²) in [6.45, 7) is 5.81. The first-order valence-electron chi connectivity index (χ1n) is 10.5. The number of carbonyl (C=O) groups excluding carboxylic acids is 2. The van der Waals surface area contributed by atoms with Crippen LogP contribution in [0.4, 0.5) is 26.2 Å². The molecular formula is C23H29FN4O2. The van der Waals surface area contributed by atoms with E-state index in [4.69, 9.17) is 0 Å². The third kappa shape index (κ3) is 5.72. The number of hydrogen-bond donors (Lipinski definition) is 3. The van der Waals surface area contributed by atoms with Crippen LogP contribution in [0.2, 0.25) is 0 Å². The lowest BCUT2D eigenvalue weighted by Crippen LogP contribution is -2.35. The van der Waals surface area contributed by atoms with Crippen molar-refractivity contribution in [2.24, 2.45) is 0 Å². The van der Waals surface area contributed by atoms with E-state index < -0.39 is 11.8 Å². The molecule has 160 valence electrons. The van der Waals surface area contributed by atoms with Gasteiger partial charge in [0.25, 0.3) is 5.91 Å². The number of carbonyl (C=O) groups is 2. The summed E-state index contributed by atoms with van der Waals surface area (Å²) in [5.41, 5.74) is 2.28. The zero-order valence-electron chi connectivity index (χ0n) is 17.5. The second kappa shape index (κ2) is 10.1. The number of piperidine rings is 1. The van der Waals surface area contributed by atoms with Crippen molar-refractivity contribution in [3.63, 3.8) is 0 Å². The smallest absolute Gasteiger partial charge is 0.323 e. The van der Waals surface area contributed by atoms with Crippen LogP contribution in [0.25, 0.3) is 0 Å². The van der Waals surface area contributed by atoms with E-state index in [-0.39, 0.29) is 11.9 Å². The van der Waals surface area contributed by atoms with E-state index in [1.165, 1.54) is 24.6 Å². The molecule has 1 atom stereocenters. The minimum atomic E-state index is -0.500. The summed E-state index contributed by atoms with van der Waals surface area (Å²) in [6, 6.07) is 10.6. The van der Waals surface area contributed by atoms with Crippen molar-refractivity contribution in [3.8, 4) is 0 Å². The second-order valence-corrected chi connectivity index (χ2v) is 7.65. The second-order valence-electron chi connectivity index (χ2n) is 7.65. The van der Waals surface area contributed by atoms with Gasteiger partial charge in [0.15, 0.2) is 0 Å². The van der Waals surface area contributed by atoms with Gasteiger partial charge in [-0.2, -0.15) is 0 Å². The summed E-state index contributed by atoms with van der Waals surface area (Å²) in [5.74, 6) is -0.582. The minimum absolute atomic E-state index is 0.0552. The molecule has 0 saturated carbocycles. The number of benzene rings is 2.